The summed E-state index contributed by atoms with van der Waals surface area (Å²) in [6.07, 6.45) is -0.203. The number of rotatable bonds is 3. The van der Waals surface area contributed by atoms with Crippen LogP contribution in [0, 0.1) is 0 Å². The Balaban J connectivity index is 3.10. The van der Waals surface area contributed by atoms with Crippen molar-refractivity contribution >= 4 is 19.8 Å². The van der Waals surface area contributed by atoms with Gasteiger partial charge in [0.25, 0.3) is 0 Å². The summed E-state index contributed by atoms with van der Waals surface area (Å²) in [5.41, 5.74) is 5.20. The Labute approximate surface area is 57.8 Å². The number of hydrogen-bond donors (Lipinski definition) is 2. The Morgan fingerprint density at radius 3 is 2.25 bits per heavy atom. The first-order chi connectivity index (χ1) is 3.66. The van der Waals surface area contributed by atoms with E-state index in [0.717, 1.165) is 4.44 Å². The van der Waals surface area contributed by atoms with Crippen molar-refractivity contribution in [2.45, 2.75) is 20.4 Å². The van der Waals surface area contributed by atoms with E-state index in [-0.39, 0.29) is 6.10 Å². The van der Waals surface area contributed by atoms with E-state index in [1.54, 1.807) is 0 Å². The van der Waals surface area contributed by atoms with Gasteiger partial charge >= 0.3 is 57.6 Å². The predicted molar refractivity (Wildman–Crippen MR) is 38.7 cm³/mol. The molecule has 0 saturated carbocycles. The van der Waals surface area contributed by atoms with Gasteiger partial charge in [-0.25, -0.2) is 0 Å². The van der Waals surface area contributed by atoms with E-state index < -0.39 is 19.8 Å². The normalized spacial score (nSPS) is 14.6. The summed E-state index contributed by atoms with van der Waals surface area (Å²) in [6.45, 7) is 0.440. The summed E-state index contributed by atoms with van der Waals surface area (Å²) in [5, 5.41) is 8.96. The summed E-state index contributed by atoms with van der Waals surface area (Å²) in [7, 11) is 0. The molecule has 0 aliphatic carbocycles. The molecule has 0 aliphatic heterocycles. The molecule has 0 aliphatic rings. The molecule has 3 heteroatoms. The van der Waals surface area contributed by atoms with Crippen molar-refractivity contribution in [1.29, 1.82) is 0 Å². The van der Waals surface area contributed by atoms with Crippen LogP contribution >= 0.6 is 0 Å². The summed E-state index contributed by atoms with van der Waals surface area (Å²) in [4.78, 5) is 4.56. The molecule has 1 atom stereocenters. The minimum atomic E-state index is -1.15. The third kappa shape index (κ3) is 4.87. The SMILES string of the molecule is [CH3][SnH]([CH3])[CH2]C(O)CN. The van der Waals surface area contributed by atoms with Crippen LogP contribution in [0.1, 0.15) is 0 Å². The van der Waals surface area contributed by atoms with E-state index in [2.05, 4.69) is 9.88 Å². The van der Waals surface area contributed by atoms with Gasteiger partial charge in [0, 0.05) is 0 Å². The van der Waals surface area contributed by atoms with Gasteiger partial charge in [-0.1, -0.05) is 0 Å². The third-order valence-electron chi connectivity index (χ3n) is 1.02. The van der Waals surface area contributed by atoms with Crippen LogP contribution in [0.15, 0.2) is 0 Å². The van der Waals surface area contributed by atoms with Crippen molar-refractivity contribution in [3.05, 3.63) is 0 Å². The molecule has 8 heavy (non-hydrogen) atoms. The van der Waals surface area contributed by atoms with Crippen molar-refractivity contribution < 1.29 is 5.11 Å². The van der Waals surface area contributed by atoms with Crippen LogP contribution in [-0.2, 0) is 0 Å². The predicted octanol–water partition coefficient (Wildman–Crippen LogP) is -0.207. The molecule has 0 aromatic rings. The molecular weight excluding hydrogens is 209 g/mol. The molecule has 0 rings (SSSR count). The van der Waals surface area contributed by atoms with E-state index in [9.17, 15) is 0 Å². The summed E-state index contributed by atoms with van der Waals surface area (Å²) in [5.74, 6) is 0. The second-order valence-electron chi connectivity index (χ2n) is 2.52. The van der Waals surface area contributed by atoms with Crippen LogP contribution in [0.4, 0.5) is 0 Å². The third-order valence-corrected chi connectivity index (χ3v) is 5.26. The minimum absolute atomic E-state index is 0.203. The average molecular weight is 224 g/mol. The first-order valence-corrected chi connectivity index (χ1v) is 12.0. The summed E-state index contributed by atoms with van der Waals surface area (Å²) >= 11 is -1.15. The van der Waals surface area contributed by atoms with Gasteiger partial charge in [0.2, 0.25) is 0 Å². The van der Waals surface area contributed by atoms with E-state index in [1.165, 1.54) is 0 Å². The van der Waals surface area contributed by atoms with Gasteiger partial charge in [0.15, 0.2) is 0 Å². The van der Waals surface area contributed by atoms with Gasteiger partial charge in [-0.2, -0.15) is 0 Å². The van der Waals surface area contributed by atoms with Gasteiger partial charge in [-0.3, -0.25) is 0 Å². The van der Waals surface area contributed by atoms with Gasteiger partial charge in [-0.05, 0) is 0 Å². The molecule has 0 spiro atoms. The maximum atomic E-state index is 8.96. The van der Waals surface area contributed by atoms with Crippen LogP contribution in [0.25, 0.3) is 0 Å². The standard InChI is InChI=1S/C3H8NO.2CH3.Sn.H/c1-3(5)2-4;;;;/h3,5H,1-2,4H2;2*1H3;;. The molecule has 3 N–H and O–H groups in total. The van der Waals surface area contributed by atoms with Crippen LogP contribution in [-0.4, -0.2) is 37.5 Å². The summed E-state index contributed by atoms with van der Waals surface area (Å²) < 4.78 is 1.03. The number of hydrogen-bond acceptors (Lipinski definition) is 2. The van der Waals surface area contributed by atoms with Gasteiger partial charge < -0.3 is 0 Å². The quantitative estimate of drug-likeness (QED) is 0.651. The van der Waals surface area contributed by atoms with Crippen molar-refractivity contribution in [1.82, 2.24) is 0 Å². The number of aliphatic hydroxyl groups is 1. The average Bonchev–Trinajstić information content (AvgIpc) is 1.65. The fourth-order valence-corrected chi connectivity index (χ4v) is 4.30. The monoisotopic (exact) mass is 225 g/mol. The molecule has 1 unspecified atom stereocenters. The number of aliphatic hydroxyl groups excluding tert-OH is 1. The molecule has 0 radical (unpaired) electrons. The van der Waals surface area contributed by atoms with Crippen molar-refractivity contribution in [2.24, 2.45) is 5.73 Å². The van der Waals surface area contributed by atoms with E-state index in [1.807, 2.05) is 0 Å². The van der Waals surface area contributed by atoms with Crippen LogP contribution in [0.2, 0.25) is 14.3 Å². The Morgan fingerprint density at radius 1 is 1.62 bits per heavy atom. The zero-order chi connectivity index (χ0) is 6.57. The molecular formula is C5H15NOSn. The zero-order valence-electron chi connectivity index (χ0n) is 5.59. The Kier molecular flexibility index (Phi) is 5.00. The fraction of sp³-hybridized carbons (Fsp3) is 1.00. The molecule has 0 bridgehead atoms. The topological polar surface area (TPSA) is 46.2 Å². The Bertz CT molecular complexity index is 58.4. The van der Waals surface area contributed by atoms with E-state index >= 15 is 0 Å². The second kappa shape index (κ2) is 4.58. The summed E-state index contributed by atoms with van der Waals surface area (Å²) in [6, 6.07) is 0. The number of nitrogens with two attached hydrogens (primary N) is 1. The van der Waals surface area contributed by atoms with Crippen LogP contribution in [0.3, 0.4) is 0 Å². The first-order valence-electron chi connectivity index (χ1n) is 3.05. The van der Waals surface area contributed by atoms with Crippen LogP contribution < -0.4 is 5.73 Å². The van der Waals surface area contributed by atoms with Crippen molar-refractivity contribution in [2.75, 3.05) is 6.54 Å². The first kappa shape index (κ1) is 8.72. The zero-order valence-corrected chi connectivity index (χ0v) is 8.89. The molecule has 0 fully saturated rings. The molecule has 0 aromatic carbocycles. The molecule has 0 aromatic heterocycles. The molecule has 50 valence electrons. The van der Waals surface area contributed by atoms with Crippen LogP contribution in [0.5, 0.6) is 0 Å². The Morgan fingerprint density at radius 2 is 2.12 bits per heavy atom. The molecule has 0 amide bonds. The van der Waals surface area contributed by atoms with Gasteiger partial charge in [-0.15, -0.1) is 0 Å². The van der Waals surface area contributed by atoms with E-state index in [0.29, 0.717) is 6.54 Å². The molecule has 0 saturated heterocycles. The Hall–Kier alpha value is 0.719. The second-order valence-corrected chi connectivity index (χ2v) is 11.8. The fourth-order valence-electron chi connectivity index (χ4n) is 0.640. The van der Waals surface area contributed by atoms with Crippen molar-refractivity contribution in [3.8, 4) is 0 Å². The van der Waals surface area contributed by atoms with Gasteiger partial charge in [0.1, 0.15) is 0 Å². The van der Waals surface area contributed by atoms with Crippen molar-refractivity contribution in [3.63, 3.8) is 0 Å². The molecule has 0 heterocycles. The van der Waals surface area contributed by atoms with Gasteiger partial charge in [0.05, 0.1) is 0 Å². The van der Waals surface area contributed by atoms with E-state index in [4.69, 9.17) is 10.8 Å². The maximum absolute atomic E-state index is 8.96. The molecule has 2 nitrogen and oxygen atoms in total.